The van der Waals surface area contributed by atoms with Crippen LogP contribution in [-0.4, -0.2) is 272 Å². The van der Waals surface area contributed by atoms with Crippen LogP contribution < -0.4 is 109 Å². The third kappa shape index (κ3) is 43.0. The molecule has 122 heavy (non-hydrogen) atoms. The van der Waals surface area contributed by atoms with Crippen LogP contribution in [-0.2, 0) is 91.1 Å². The molecule has 0 aromatic carbocycles. The maximum atomic E-state index is 14.7. The minimum atomic E-state index is -1.88. The SMILES string of the molecule is CC[C@H](C)[C@H](NC(=O)[C@H](CCCCN)NC(=O)[C@H](CCCCN)NC(=O)[C@@H](NC(=O)[C@H](CCCN=C(N)N)NC(=O)[C@H](CCC(=O)O)NC(=O)[C@H](CCC(=O)O)NC(=O)[C@@H](NC(=O)[C@@H](NC(=O)[C@@H](N)CO)[C@@H](C)O)[C@@H](C)CC)C(C)C)C(=O)N[C@H](C(=O)N[C@@H](C)C(=O)N[C@@H](CCC(=O)O)C(=O)N[C@@H](CCC(N)=O)C(=O)N[C@@H](CC(C)C)C(=O)O)C(C)C. The second-order valence-corrected chi connectivity index (χ2v) is 31.2. The van der Waals surface area contributed by atoms with Crippen LogP contribution in [0, 0.1) is 29.6 Å². The number of nitrogens with two attached hydrogens (primary N) is 6. The van der Waals surface area contributed by atoms with Crippen LogP contribution in [0.5, 0.6) is 0 Å². The Bertz CT molecular complexity index is 3530. The first kappa shape index (κ1) is 111. The van der Waals surface area contributed by atoms with Gasteiger partial charge in [0.05, 0.1) is 12.7 Å². The number of unbranched alkanes of at least 4 members (excludes halogenated alkanes) is 2. The van der Waals surface area contributed by atoms with Gasteiger partial charge in [-0.3, -0.25) is 91.3 Å². The number of hydrogen-bond acceptors (Lipinski definition) is 25. The van der Waals surface area contributed by atoms with E-state index in [1.54, 1.807) is 48.5 Å². The van der Waals surface area contributed by atoms with Crippen molar-refractivity contribution in [2.45, 2.75) is 302 Å². The summed E-state index contributed by atoms with van der Waals surface area (Å²) in [5.41, 5.74) is 33.7. The van der Waals surface area contributed by atoms with E-state index in [0.717, 1.165) is 6.92 Å². The summed E-state index contributed by atoms with van der Waals surface area (Å²) in [5, 5.41) is 93.0. The van der Waals surface area contributed by atoms with E-state index < -0.39 is 291 Å². The van der Waals surface area contributed by atoms with Gasteiger partial charge in [-0.05, 0) is 140 Å². The van der Waals surface area contributed by atoms with E-state index in [1.165, 1.54) is 27.7 Å². The van der Waals surface area contributed by atoms with Gasteiger partial charge in [0.2, 0.25) is 88.6 Å². The van der Waals surface area contributed by atoms with E-state index >= 15 is 0 Å². The van der Waals surface area contributed by atoms with Gasteiger partial charge in [-0.2, -0.15) is 0 Å². The van der Waals surface area contributed by atoms with Crippen LogP contribution in [0.2, 0.25) is 0 Å². The molecule has 0 spiro atoms. The van der Waals surface area contributed by atoms with Gasteiger partial charge in [-0.15, -0.1) is 0 Å². The van der Waals surface area contributed by atoms with E-state index in [4.69, 9.17) is 34.4 Å². The molecule has 32 N–H and O–H groups in total. The molecule has 0 heterocycles. The molecule has 0 saturated carbocycles. The lowest BCUT2D eigenvalue weighted by molar-refractivity contribution is -0.143. The van der Waals surface area contributed by atoms with Crippen molar-refractivity contribution in [3.05, 3.63) is 0 Å². The van der Waals surface area contributed by atoms with Gasteiger partial charge in [0.25, 0.3) is 0 Å². The van der Waals surface area contributed by atoms with Gasteiger partial charge in [-0.1, -0.05) is 82.1 Å². The molecular formula is C76H135N21O25. The quantitative estimate of drug-likeness (QED) is 0.0153. The fourth-order valence-corrected chi connectivity index (χ4v) is 11.9. The number of carbonyl (C=O) groups is 19. The van der Waals surface area contributed by atoms with Crippen LogP contribution in [0.1, 0.15) is 205 Å². The van der Waals surface area contributed by atoms with Crippen molar-refractivity contribution in [1.82, 2.24) is 74.4 Å². The summed E-state index contributed by atoms with van der Waals surface area (Å²) in [6, 6.07) is -23.8. The number of rotatable bonds is 63. The minimum Gasteiger partial charge on any atom is -0.481 e. The summed E-state index contributed by atoms with van der Waals surface area (Å²) in [7, 11) is 0. The summed E-state index contributed by atoms with van der Waals surface area (Å²) >= 11 is 0. The van der Waals surface area contributed by atoms with Crippen LogP contribution in [0.4, 0.5) is 0 Å². The zero-order valence-corrected chi connectivity index (χ0v) is 71.7. The summed E-state index contributed by atoms with van der Waals surface area (Å²) in [4.78, 5) is 261. The standard InChI is InChI=1S/C76H135N21O25/c1-13-39(9)58(96-74(120)60(42(12)99)97-62(108)43(79)35-98)72(118)91-50(26-30-55(105)106)66(112)89-49(25-29-54(103)104)65(111)87-46(22-19-33-83-76(81)82)68(114)93-57(38(7)8)71(117)90-44(20-15-17-31-77)63(109)86-45(21-16-18-32-78)69(115)95-59(40(10)14-2)73(119)94-56(37(5)6)70(116)84-41(11)61(107)85-48(24-28-53(101)102)64(110)88-47(23-27-52(80)100)67(113)92-51(75(121)122)34-36(3)4/h36-51,56-60,98-99H,13-35,77-79H2,1-12H3,(H2,80,100)(H,84,116)(H,85,107)(H,86,109)(H,87,111)(H,88,110)(H,89,112)(H,90,117)(H,91,118)(H,92,113)(H,93,114)(H,94,119)(H,95,115)(H,96,120)(H,97,108)(H,101,102)(H,103,104)(H,105,106)(H,121,122)(H4,81,82,83)/t39-,40-,41-,42+,43-,44-,45-,46-,47-,48-,49-,50-,51-,56-,57-,58-,59-,60-/m0/s1. The number of carbonyl (C=O) groups excluding carboxylic acids is 15. The molecule has 0 aliphatic rings. The summed E-state index contributed by atoms with van der Waals surface area (Å²) in [6.45, 7) is 17.6. The summed E-state index contributed by atoms with van der Waals surface area (Å²) < 4.78 is 0. The highest BCUT2D eigenvalue weighted by Crippen LogP contribution is 2.18. The fourth-order valence-electron chi connectivity index (χ4n) is 11.9. The molecule has 46 heteroatoms. The Kier molecular flexibility index (Phi) is 52.8. The number of carboxylic acids is 4. The minimum absolute atomic E-state index is 0.0245. The fraction of sp³-hybridized carbons (Fsp3) is 0.737. The summed E-state index contributed by atoms with van der Waals surface area (Å²) in [5.74, 6) is -24.9. The lowest BCUT2D eigenvalue weighted by Crippen LogP contribution is -2.62. The Morgan fingerprint density at radius 2 is 0.623 bits per heavy atom. The molecule has 0 aromatic rings. The molecule has 15 amide bonds. The summed E-state index contributed by atoms with van der Waals surface area (Å²) in [6.07, 6.45) is -5.86. The van der Waals surface area contributed by atoms with E-state index in [2.05, 4.69) is 79.4 Å². The third-order valence-corrected chi connectivity index (χ3v) is 19.6. The number of amides is 15. The smallest absolute Gasteiger partial charge is 0.326 e. The second kappa shape index (κ2) is 58.1. The maximum Gasteiger partial charge on any atom is 0.326 e. The first-order valence-corrected chi connectivity index (χ1v) is 40.9. The van der Waals surface area contributed by atoms with Crippen molar-refractivity contribution in [3.63, 3.8) is 0 Å². The first-order chi connectivity index (χ1) is 57.0. The number of aliphatic hydroxyl groups is 2. The maximum absolute atomic E-state index is 14.7. The molecule has 694 valence electrons. The van der Waals surface area contributed by atoms with Crippen molar-refractivity contribution in [2.24, 2.45) is 69.0 Å². The number of hydrogen-bond donors (Lipinski definition) is 26. The average molecular weight is 1740 g/mol. The molecule has 0 unspecified atom stereocenters. The number of primary amides is 1. The Balaban J connectivity index is 7.36. The number of aliphatic carboxylic acids is 4. The van der Waals surface area contributed by atoms with Gasteiger partial charge in [0.15, 0.2) is 5.96 Å². The van der Waals surface area contributed by atoms with Gasteiger partial charge >= 0.3 is 23.9 Å². The van der Waals surface area contributed by atoms with Gasteiger partial charge in [-0.25, -0.2) is 4.79 Å². The highest BCUT2D eigenvalue weighted by molar-refractivity contribution is 6.01. The Labute approximate surface area is 709 Å². The monoisotopic (exact) mass is 1740 g/mol. The molecule has 0 radical (unpaired) electrons. The van der Waals surface area contributed by atoms with E-state index in [-0.39, 0.29) is 89.3 Å². The zero-order valence-electron chi connectivity index (χ0n) is 71.7. The predicted octanol–water partition coefficient (Wildman–Crippen LogP) is -6.80. The van der Waals surface area contributed by atoms with E-state index in [1.807, 2.05) is 0 Å². The van der Waals surface area contributed by atoms with Gasteiger partial charge in [0.1, 0.15) is 90.6 Å². The van der Waals surface area contributed by atoms with Crippen LogP contribution >= 0.6 is 0 Å². The molecular weight excluding hydrogens is 1610 g/mol. The molecule has 0 aliphatic heterocycles. The largest absolute Gasteiger partial charge is 0.481 e. The molecule has 0 saturated heterocycles. The highest BCUT2D eigenvalue weighted by Gasteiger charge is 2.41. The van der Waals surface area contributed by atoms with Gasteiger partial charge < -0.3 is 139 Å². The number of carboxylic acid groups (broad SMARTS) is 4. The zero-order chi connectivity index (χ0) is 93.5. The van der Waals surface area contributed by atoms with Crippen LogP contribution in [0.3, 0.4) is 0 Å². The lowest BCUT2D eigenvalue weighted by atomic mass is 9.95. The molecule has 0 aromatic heterocycles. The van der Waals surface area contributed by atoms with Crippen LogP contribution in [0.15, 0.2) is 4.99 Å². The number of aliphatic hydroxyl groups excluding tert-OH is 2. The lowest BCUT2D eigenvalue weighted by Gasteiger charge is -2.31. The molecule has 46 nitrogen and oxygen atoms in total. The van der Waals surface area contributed by atoms with Crippen molar-refractivity contribution in [1.29, 1.82) is 0 Å². The first-order valence-electron chi connectivity index (χ1n) is 40.9. The van der Waals surface area contributed by atoms with Crippen molar-refractivity contribution in [2.75, 3.05) is 26.2 Å². The van der Waals surface area contributed by atoms with E-state index in [0.29, 0.717) is 12.8 Å². The number of guanidine groups is 1. The predicted molar refractivity (Wildman–Crippen MR) is 440 cm³/mol. The highest BCUT2D eigenvalue weighted by atomic mass is 16.4. The Hall–Kier alpha value is -11.0. The molecule has 0 aliphatic carbocycles. The van der Waals surface area contributed by atoms with Gasteiger partial charge in [0, 0.05) is 32.2 Å². The van der Waals surface area contributed by atoms with E-state index in [9.17, 15) is 122 Å². The topological polar surface area (TPSA) is 783 Å². The molecule has 0 bridgehead atoms. The molecule has 0 rings (SSSR count). The number of nitrogens with zero attached hydrogens (tertiary/aromatic N) is 1. The third-order valence-electron chi connectivity index (χ3n) is 19.6. The average Bonchev–Trinajstić information content (AvgIpc) is 0.847. The number of aliphatic imine (C=N–C) groups is 1. The van der Waals surface area contributed by atoms with Crippen molar-refractivity contribution < 1.29 is 122 Å². The normalized spacial score (nSPS) is 15.7. The Morgan fingerprint density at radius 3 is 0.951 bits per heavy atom. The second-order valence-electron chi connectivity index (χ2n) is 31.2. The molecule has 0 fully saturated rings. The Morgan fingerprint density at radius 1 is 0.336 bits per heavy atom. The van der Waals surface area contributed by atoms with Crippen molar-refractivity contribution >= 4 is 118 Å². The number of nitrogens with one attached hydrogen (secondary N) is 14. The van der Waals surface area contributed by atoms with Crippen molar-refractivity contribution in [3.8, 4) is 0 Å². The molecule has 18 atom stereocenters. The van der Waals surface area contributed by atoms with Crippen LogP contribution in [0.25, 0.3) is 0 Å².